The number of piperazine rings is 1. The molecule has 0 radical (unpaired) electrons. The first-order valence-corrected chi connectivity index (χ1v) is 12.1. The van der Waals surface area contributed by atoms with Crippen molar-refractivity contribution in [3.8, 4) is 0 Å². The van der Waals surface area contributed by atoms with Gasteiger partial charge in [-0.3, -0.25) is 4.90 Å². The summed E-state index contributed by atoms with van der Waals surface area (Å²) in [7, 11) is 0. The van der Waals surface area contributed by atoms with E-state index in [1.54, 1.807) is 0 Å². The standard InChI is InChI=1S/C26H34N6O/c1-19-7-10-22(11-8-19)25(26-27-28-29-32(26)18-23-5-4-16-33-23)31-14-12-30(13-15-31)24-17-20(2)6-9-21(24)3/h6-11,17,23,25H,4-5,12-16,18H2,1-3H3/t23-,25-/m1/s1. The predicted octanol–water partition coefficient (Wildman–Crippen LogP) is 3.69. The van der Waals surface area contributed by atoms with E-state index < -0.39 is 0 Å². The molecule has 0 saturated carbocycles. The number of hydrogen-bond acceptors (Lipinski definition) is 6. The SMILES string of the molecule is Cc1ccc([C@H](c2nnnn2C[C@H]2CCCO2)N2CCN(c3cc(C)ccc3C)CC2)cc1. The maximum Gasteiger partial charge on any atom is 0.173 e. The highest BCUT2D eigenvalue weighted by atomic mass is 16.5. The molecule has 174 valence electrons. The van der Waals surface area contributed by atoms with Crippen molar-refractivity contribution in [3.63, 3.8) is 0 Å². The fourth-order valence-corrected chi connectivity index (χ4v) is 5.07. The molecule has 33 heavy (non-hydrogen) atoms. The molecule has 7 nitrogen and oxygen atoms in total. The molecule has 2 aliphatic heterocycles. The third kappa shape index (κ3) is 4.80. The lowest BCUT2D eigenvalue weighted by molar-refractivity contribution is 0.0906. The summed E-state index contributed by atoms with van der Waals surface area (Å²) in [6.45, 7) is 11.9. The predicted molar refractivity (Wildman–Crippen MR) is 130 cm³/mol. The summed E-state index contributed by atoms with van der Waals surface area (Å²) in [4.78, 5) is 5.05. The van der Waals surface area contributed by atoms with Crippen molar-refractivity contribution >= 4 is 5.69 Å². The second-order valence-electron chi connectivity index (χ2n) is 9.48. The van der Waals surface area contributed by atoms with Crippen LogP contribution in [0.5, 0.6) is 0 Å². The van der Waals surface area contributed by atoms with Crippen LogP contribution in [0.1, 0.15) is 47.0 Å². The van der Waals surface area contributed by atoms with Crippen LogP contribution >= 0.6 is 0 Å². The van der Waals surface area contributed by atoms with Gasteiger partial charge in [0.05, 0.1) is 18.7 Å². The molecule has 2 aliphatic rings. The molecule has 0 aliphatic carbocycles. The van der Waals surface area contributed by atoms with Gasteiger partial charge in [-0.05, 0) is 66.8 Å². The largest absolute Gasteiger partial charge is 0.376 e. The lowest BCUT2D eigenvalue weighted by Crippen LogP contribution is -2.48. The number of anilines is 1. The number of hydrogen-bond donors (Lipinski definition) is 0. The third-order valence-electron chi connectivity index (χ3n) is 6.98. The van der Waals surface area contributed by atoms with E-state index in [0.717, 1.165) is 51.5 Å². The Kier molecular flexibility index (Phi) is 6.42. The van der Waals surface area contributed by atoms with E-state index in [9.17, 15) is 0 Å². The van der Waals surface area contributed by atoms with E-state index in [1.165, 1.54) is 27.9 Å². The summed E-state index contributed by atoms with van der Waals surface area (Å²) >= 11 is 0. The van der Waals surface area contributed by atoms with Crippen molar-refractivity contribution in [2.45, 2.75) is 52.3 Å². The molecular formula is C26H34N6O. The molecule has 0 unspecified atom stereocenters. The van der Waals surface area contributed by atoms with Crippen LogP contribution in [0.2, 0.25) is 0 Å². The molecular weight excluding hydrogens is 412 g/mol. The second kappa shape index (κ2) is 9.61. The van der Waals surface area contributed by atoms with Crippen LogP contribution in [0, 0.1) is 20.8 Å². The lowest BCUT2D eigenvalue weighted by atomic mass is 10.0. The zero-order chi connectivity index (χ0) is 22.8. The summed E-state index contributed by atoms with van der Waals surface area (Å²) in [6, 6.07) is 15.6. The molecule has 0 amide bonds. The van der Waals surface area contributed by atoms with Crippen LogP contribution in [-0.4, -0.2) is 64.0 Å². The van der Waals surface area contributed by atoms with Crippen molar-refractivity contribution in [3.05, 3.63) is 70.5 Å². The molecule has 0 spiro atoms. The topological polar surface area (TPSA) is 59.3 Å². The summed E-state index contributed by atoms with van der Waals surface area (Å²) in [6.07, 6.45) is 2.39. The maximum absolute atomic E-state index is 5.88. The minimum absolute atomic E-state index is 0.0303. The molecule has 0 bridgehead atoms. The Bertz CT molecular complexity index is 1060. The van der Waals surface area contributed by atoms with E-state index in [1.807, 2.05) is 4.68 Å². The van der Waals surface area contributed by atoms with Crippen molar-refractivity contribution in [2.75, 3.05) is 37.7 Å². The molecule has 2 saturated heterocycles. The van der Waals surface area contributed by atoms with Crippen LogP contribution in [0.4, 0.5) is 5.69 Å². The Morgan fingerprint density at radius 2 is 1.73 bits per heavy atom. The van der Waals surface area contributed by atoms with E-state index in [2.05, 4.69) is 88.6 Å². The number of benzene rings is 2. The van der Waals surface area contributed by atoms with Gasteiger partial charge in [-0.25, -0.2) is 4.68 Å². The van der Waals surface area contributed by atoms with Gasteiger partial charge < -0.3 is 9.64 Å². The normalized spacial score (nSPS) is 20.3. The first kappa shape index (κ1) is 22.0. The number of nitrogens with zero attached hydrogens (tertiary/aromatic N) is 6. The fraction of sp³-hybridized carbons (Fsp3) is 0.500. The molecule has 0 N–H and O–H groups in total. The van der Waals surface area contributed by atoms with Crippen molar-refractivity contribution in [2.24, 2.45) is 0 Å². The average molecular weight is 447 g/mol. The average Bonchev–Trinajstić information content (AvgIpc) is 3.50. The van der Waals surface area contributed by atoms with Crippen LogP contribution in [0.3, 0.4) is 0 Å². The summed E-state index contributed by atoms with van der Waals surface area (Å²) in [5.74, 6) is 0.912. The van der Waals surface area contributed by atoms with Crippen LogP contribution in [-0.2, 0) is 11.3 Å². The molecule has 3 heterocycles. The van der Waals surface area contributed by atoms with Gasteiger partial charge in [-0.15, -0.1) is 5.10 Å². The van der Waals surface area contributed by atoms with Crippen molar-refractivity contribution < 1.29 is 4.74 Å². The second-order valence-corrected chi connectivity index (χ2v) is 9.48. The van der Waals surface area contributed by atoms with E-state index in [-0.39, 0.29) is 12.1 Å². The minimum Gasteiger partial charge on any atom is -0.376 e. The fourth-order valence-electron chi connectivity index (χ4n) is 5.07. The van der Waals surface area contributed by atoms with Gasteiger partial charge in [0.15, 0.2) is 5.82 Å². The van der Waals surface area contributed by atoms with Gasteiger partial charge in [0, 0.05) is 38.5 Å². The van der Waals surface area contributed by atoms with Gasteiger partial charge in [-0.1, -0.05) is 42.0 Å². The molecule has 2 fully saturated rings. The van der Waals surface area contributed by atoms with E-state index in [0.29, 0.717) is 6.54 Å². The first-order chi connectivity index (χ1) is 16.1. The third-order valence-corrected chi connectivity index (χ3v) is 6.98. The Morgan fingerprint density at radius 3 is 2.45 bits per heavy atom. The number of tetrazole rings is 1. The monoisotopic (exact) mass is 446 g/mol. The van der Waals surface area contributed by atoms with Gasteiger partial charge in [0.2, 0.25) is 0 Å². The van der Waals surface area contributed by atoms with Crippen molar-refractivity contribution in [1.29, 1.82) is 0 Å². The zero-order valence-corrected chi connectivity index (χ0v) is 19.9. The quantitative estimate of drug-likeness (QED) is 0.576. The van der Waals surface area contributed by atoms with Gasteiger partial charge in [-0.2, -0.15) is 0 Å². The molecule has 2 atom stereocenters. The summed E-state index contributed by atoms with van der Waals surface area (Å²) < 4.78 is 7.84. The highest BCUT2D eigenvalue weighted by Crippen LogP contribution is 2.31. The van der Waals surface area contributed by atoms with Gasteiger partial charge in [0.1, 0.15) is 0 Å². The first-order valence-electron chi connectivity index (χ1n) is 12.1. The summed E-state index contributed by atoms with van der Waals surface area (Å²) in [5, 5.41) is 13.0. The van der Waals surface area contributed by atoms with Crippen LogP contribution < -0.4 is 4.90 Å². The highest BCUT2D eigenvalue weighted by molar-refractivity contribution is 5.55. The summed E-state index contributed by atoms with van der Waals surface area (Å²) in [5.41, 5.74) is 6.50. The number of ether oxygens (including phenoxy) is 1. The van der Waals surface area contributed by atoms with Crippen LogP contribution in [0.15, 0.2) is 42.5 Å². The molecule has 2 aromatic carbocycles. The number of aryl methyl sites for hydroxylation is 3. The number of rotatable bonds is 6. The zero-order valence-electron chi connectivity index (χ0n) is 19.9. The minimum atomic E-state index is 0.0303. The van der Waals surface area contributed by atoms with Gasteiger partial charge >= 0.3 is 0 Å². The number of aromatic nitrogens is 4. The highest BCUT2D eigenvalue weighted by Gasteiger charge is 2.32. The maximum atomic E-state index is 5.88. The molecule has 7 heteroatoms. The van der Waals surface area contributed by atoms with Crippen molar-refractivity contribution in [1.82, 2.24) is 25.1 Å². The van der Waals surface area contributed by atoms with Crippen LogP contribution in [0.25, 0.3) is 0 Å². The van der Waals surface area contributed by atoms with Gasteiger partial charge in [0.25, 0.3) is 0 Å². The Morgan fingerprint density at radius 1 is 0.970 bits per heavy atom. The Hall–Kier alpha value is -2.77. The Balaban J connectivity index is 1.40. The Labute approximate surface area is 196 Å². The van der Waals surface area contributed by atoms with E-state index >= 15 is 0 Å². The smallest absolute Gasteiger partial charge is 0.173 e. The molecule has 5 rings (SSSR count). The molecule has 3 aromatic rings. The lowest BCUT2D eigenvalue weighted by Gasteiger charge is -2.40. The van der Waals surface area contributed by atoms with E-state index in [4.69, 9.17) is 4.74 Å². The molecule has 1 aromatic heterocycles.